The Morgan fingerprint density at radius 3 is 2.21 bits per heavy atom. The number of halogens is 1. The Balaban J connectivity index is 1.79. The smallest absolute Gasteiger partial charge is 0.290 e. The van der Waals surface area contributed by atoms with Crippen molar-refractivity contribution in [3.8, 4) is 0 Å². The van der Waals surface area contributed by atoms with Crippen LogP contribution in [0.15, 0.2) is 84.6 Å². The van der Waals surface area contributed by atoms with Gasteiger partial charge in [-0.2, -0.15) is 0 Å². The Labute approximate surface area is 163 Å². The van der Waals surface area contributed by atoms with Crippen LogP contribution < -0.4 is 0 Å². The van der Waals surface area contributed by atoms with E-state index in [0.717, 1.165) is 22.3 Å². The number of amides is 1. The summed E-state index contributed by atoms with van der Waals surface area (Å²) < 4.78 is 13.3. The summed E-state index contributed by atoms with van der Waals surface area (Å²) in [4.78, 5) is 14.6. The molecule has 3 nitrogen and oxygen atoms in total. The highest BCUT2D eigenvalue weighted by atomic mass is 19.1. The molecule has 28 heavy (non-hydrogen) atoms. The molecule has 1 N–H and O–H groups in total. The molecular weight excluding hydrogens is 353 g/mol. The quantitative estimate of drug-likeness (QED) is 0.684. The summed E-state index contributed by atoms with van der Waals surface area (Å²) in [5, 5.41) is 10.7. The van der Waals surface area contributed by atoms with Crippen molar-refractivity contribution in [1.82, 2.24) is 4.90 Å². The zero-order valence-corrected chi connectivity index (χ0v) is 15.5. The predicted octanol–water partition coefficient (Wildman–Crippen LogP) is 5.19. The Bertz CT molecular complexity index is 1020. The van der Waals surface area contributed by atoms with Crippen LogP contribution in [0.4, 0.5) is 4.39 Å². The monoisotopic (exact) mass is 373 g/mol. The third kappa shape index (κ3) is 3.29. The highest BCUT2D eigenvalue weighted by Crippen LogP contribution is 2.43. The Kier molecular flexibility index (Phi) is 4.70. The number of aliphatic hydroxyl groups is 1. The average Bonchev–Trinajstić information content (AvgIpc) is 2.96. The lowest BCUT2D eigenvalue weighted by Gasteiger charge is -2.27. The zero-order chi connectivity index (χ0) is 19.7. The van der Waals surface area contributed by atoms with Crippen molar-refractivity contribution in [2.75, 3.05) is 0 Å². The molecule has 3 aromatic rings. The number of aliphatic hydroxyl groups excluding tert-OH is 1. The van der Waals surface area contributed by atoms with Gasteiger partial charge in [-0.3, -0.25) is 4.79 Å². The van der Waals surface area contributed by atoms with E-state index in [0.29, 0.717) is 5.57 Å². The van der Waals surface area contributed by atoms with Crippen LogP contribution in [0, 0.1) is 12.7 Å². The summed E-state index contributed by atoms with van der Waals surface area (Å²) in [6.07, 6.45) is 0. The van der Waals surface area contributed by atoms with E-state index in [1.807, 2.05) is 61.5 Å². The van der Waals surface area contributed by atoms with E-state index in [9.17, 15) is 14.3 Å². The number of hydrogen-bond donors (Lipinski definition) is 1. The molecule has 4 rings (SSSR count). The summed E-state index contributed by atoms with van der Waals surface area (Å²) in [6.45, 7) is 2.27. The van der Waals surface area contributed by atoms with E-state index in [1.54, 1.807) is 17.0 Å². The highest BCUT2D eigenvalue weighted by Gasteiger charge is 2.40. The lowest BCUT2D eigenvalue weighted by molar-refractivity contribution is -0.130. The third-order valence-corrected chi connectivity index (χ3v) is 5.05. The predicted molar refractivity (Wildman–Crippen MR) is 107 cm³/mol. The van der Waals surface area contributed by atoms with Crippen LogP contribution >= 0.6 is 0 Å². The van der Waals surface area contributed by atoms with E-state index in [2.05, 4.69) is 0 Å². The van der Waals surface area contributed by atoms with E-state index < -0.39 is 11.9 Å². The summed E-state index contributed by atoms with van der Waals surface area (Å²) >= 11 is 0. The van der Waals surface area contributed by atoms with Gasteiger partial charge >= 0.3 is 0 Å². The van der Waals surface area contributed by atoms with Gasteiger partial charge in [-0.05, 0) is 35.7 Å². The topological polar surface area (TPSA) is 40.5 Å². The Morgan fingerprint density at radius 2 is 1.57 bits per heavy atom. The fourth-order valence-electron chi connectivity index (χ4n) is 3.61. The lowest BCUT2D eigenvalue weighted by atomic mass is 9.93. The first-order valence-corrected chi connectivity index (χ1v) is 9.15. The highest BCUT2D eigenvalue weighted by molar-refractivity contribution is 6.05. The van der Waals surface area contributed by atoms with Crippen LogP contribution in [0.2, 0.25) is 0 Å². The van der Waals surface area contributed by atoms with Gasteiger partial charge in [-0.1, -0.05) is 72.3 Å². The molecule has 1 aliphatic rings. The molecule has 4 heteroatoms. The zero-order valence-electron chi connectivity index (χ0n) is 15.5. The molecule has 1 aliphatic heterocycles. The van der Waals surface area contributed by atoms with Crippen molar-refractivity contribution in [3.63, 3.8) is 0 Å². The summed E-state index contributed by atoms with van der Waals surface area (Å²) in [5.74, 6) is -0.981. The van der Waals surface area contributed by atoms with Crippen molar-refractivity contribution < 1.29 is 14.3 Å². The molecule has 1 atom stereocenters. The molecule has 0 bridgehead atoms. The third-order valence-electron chi connectivity index (χ3n) is 5.05. The summed E-state index contributed by atoms with van der Waals surface area (Å²) in [5.41, 5.74) is 4.23. The molecule has 0 unspecified atom stereocenters. The minimum Gasteiger partial charge on any atom is -0.503 e. The van der Waals surface area contributed by atoms with Crippen LogP contribution in [0.1, 0.15) is 28.3 Å². The molecule has 0 spiro atoms. The molecule has 3 aromatic carbocycles. The molecule has 1 heterocycles. The number of rotatable bonds is 4. The molecular formula is C24H20FNO2. The van der Waals surface area contributed by atoms with Gasteiger partial charge in [-0.15, -0.1) is 0 Å². The van der Waals surface area contributed by atoms with Gasteiger partial charge in [-0.25, -0.2) is 4.39 Å². The lowest BCUT2D eigenvalue weighted by Crippen LogP contribution is -2.29. The molecule has 0 fully saturated rings. The van der Waals surface area contributed by atoms with E-state index in [1.165, 1.54) is 12.1 Å². The number of nitrogens with zero attached hydrogens (tertiary/aromatic N) is 1. The van der Waals surface area contributed by atoms with Crippen LogP contribution in [0.3, 0.4) is 0 Å². The largest absolute Gasteiger partial charge is 0.503 e. The normalized spacial score (nSPS) is 16.7. The maximum Gasteiger partial charge on any atom is 0.290 e. The van der Waals surface area contributed by atoms with Crippen molar-refractivity contribution in [3.05, 3.63) is 113 Å². The number of carbonyl (C=O) groups excluding carboxylic acids is 1. The van der Waals surface area contributed by atoms with Crippen molar-refractivity contribution >= 4 is 11.5 Å². The number of hydrogen-bond acceptors (Lipinski definition) is 2. The molecule has 0 saturated carbocycles. The first kappa shape index (κ1) is 18.0. The second-order valence-corrected chi connectivity index (χ2v) is 7.00. The SMILES string of the molecule is Cc1ccc(C2=C(O)C(=O)N(Cc3ccc(F)cc3)[C@H]2c2ccccc2)cc1. The van der Waals surface area contributed by atoms with E-state index in [4.69, 9.17) is 0 Å². The molecule has 0 radical (unpaired) electrons. The van der Waals surface area contributed by atoms with Crippen LogP contribution in [-0.4, -0.2) is 15.9 Å². The fourth-order valence-corrected chi connectivity index (χ4v) is 3.61. The number of aryl methyl sites for hydroxylation is 1. The molecule has 0 aromatic heterocycles. The average molecular weight is 373 g/mol. The van der Waals surface area contributed by atoms with Crippen LogP contribution in [0.5, 0.6) is 0 Å². The molecule has 0 saturated heterocycles. The van der Waals surface area contributed by atoms with Gasteiger partial charge in [0.05, 0.1) is 6.04 Å². The summed E-state index contributed by atoms with van der Waals surface area (Å²) in [6, 6.07) is 23.1. The van der Waals surface area contributed by atoms with Gasteiger partial charge in [0.2, 0.25) is 0 Å². The van der Waals surface area contributed by atoms with Crippen molar-refractivity contribution in [1.29, 1.82) is 0 Å². The van der Waals surface area contributed by atoms with Crippen molar-refractivity contribution in [2.24, 2.45) is 0 Å². The Hall–Kier alpha value is -3.40. The molecule has 0 aliphatic carbocycles. The standard InChI is InChI=1S/C24H20FNO2/c1-16-7-11-18(12-8-16)21-22(19-5-3-2-4-6-19)26(24(28)23(21)27)15-17-9-13-20(25)14-10-17/h2-14,22,27H,15H2,1H3/t22-/m0/s1. The van der Waals surface area contributed by atoms with E-state index >= 15 is 0 Å². The van der Waals surface area contributed by atoms with E-state index in [-0.39, 0.29) is 18.1 Å². The van der Waals surface area contributed by atoms with Gasteiger partial charge in [0.1, 0.15) is 5.82 Å². The Morgan fingerprint density at radius 1 is 0.929 bits per heavy atom. The number of benzene rings is 3. The minimum atomic E-state index is -0.422. The van der Waals surface area contributed by atoms with Crippen molar-refractivity contribution in [2.45, 2.75) is 19.5 Å². The maximum absolute atomic E-state index is 13.3. The summed E-state index contributed by atoms with van der Waals surface area (Å²) in [7, 11) is 0. The fraction of sp³-hybridized carbons (Fsp3) is 0.125. The minimum absolute atomic E-state index is 0.236. The van der Waals surface area contributed by atoms with Gasteiger partial charge in [0, 0.05) is 12.1 Å². The maximum atomic E-state index is 13.3. The first-order chi connectivity index (χ1) is 13.5. The van der Waals surface area contributed by atoms with Gasteiger partial charge in [0.15, 0.2) is 5.76 Å². The number of carbonyl (C=O) groups is 1. The molecule has 1 amide bonds. The van der Waals surface area contributed by atoms with Crippen LogP contribution in [0.25, 0.3) is 5.57 Å². The van der Waals surface area contributed by atoms with Crippen LogP contribution in [-0.2, 0) is 11.3 Å². The van der Waals surface area contributed by atoms with Gasteiger partial charge < -0.3 is 10.0 Å². The second-order valence-electron chi connectivity index (χ2n) is 7.00. The first-order valence-electron chi connectivity index (χ1n) is 9.15. The second kappa shape index (κ2) is 7.31. The molecule has 140 valence electrons. The van der Waals surface area contributed by atoms with Gasteiger partial charge in [0.25, 0.3) is 5.91 Å².